The van der Waals surface area contributed by atoms with Gasteiger partial charge in [0.1, 0.15) is 0 Å². The van der Waals surface area contributed by atoms with Gasteiger partial charge in [-0.15, -0.1) is 0 Å². The smallest absolute Gasteiger partial charge is 0.00418 e. The van der Waals surface area contributed by atoms with E-state index in [-0.39, 0.29) is 0 Å². The Labute approximate surface area is 162 Å². The molecule has 4 rings (SSSR count). The molecule has 26 heavy (non-hydrogen) atoms. The molecule has 9 atom stereocenters. The van der Waals surface area contributed by atoms with E-state index in [2.05, 4.69) is 20.8 Å². The van der Waals surface area contributed by atoms with Gasteiger partial charge in [-0.3, -0.25) is 0 Å². The first kappa shape index (κ1) is 19.2. The summed E-state index contributed by atoms with van der Waals surface area (Å²) in [6, 6.07) is 0.484. The lowest BCUT2D eigenvalue weighted by atomic mass is 9.44. The fourth-order valence-electron chi connectivity index (χ4n) is 8.91. The fourth-order valence-corrected chi connectivity index (χ4v) is 8.91. The summed E-state index contributed by atoms with van der Waals surface area (Å²) in [6.07, 6.45) is 15.5. The Balaban J connectivity index is 1.52. The number of fused-ring (bicyclic) bond motifs is 5. The molecule has 0 aromatic rings. The van der Waals surface area contributed by atoms with Crippen LogP contribution < -0.4 is 11.5 Å². The molecule has 0 aliphatic heterocycles. The van der Waals surface area contributed by atoms with Crippen molar-refractivity contribution < 1.29 is 0 Å². The molecule has 0 heterocycles. The first-order valence-corrected chi connectivity index (χ1v) is 11.9. The summed E-state index contributed by atoms with van der Waals surface area (Å²) >= 11 is 0. The zero-order valence-electron chi connectivity index (χ0n) is 17.7. The molecular weight excluding hydrogens is 316 g/mol. The predicted molar refractivity (Wildman–Crippen MR) is 111 cm³/mol. The van der Waals surface area contributed by atoms with Crippen molar-refractivity contribution in [3.63, 3.8) is 0 Å². The lowest BCUT2D eigenvalue weighted by Crippen LogP contribution is -2.54. The molecule has 0 saturated heterocycles. The normalized spacial score (nSPS) is 52.0. The predicted octanol–water partition coefficient (Wildman–Crippen LogP) is 5.35. The highest BCUT2D eigenvalue weighted by molar-refractivity contribution is 5.09. The molecule has 2 nitrogen and oxygen atoms in total. The molecule has 0 bridgehead atoms. The van der Waals surface area contributed by atoms with Crippen LogP contribution in [0.1, 0.15) is 91.4 Å². The first-order chi connectivity index (χ1) is 12.4. The number of hydrogen-bond donors (Lipinski definition) is 2. The monoisotopic (exact) mass is 360 g/mol. The third-order valence-corrected chi connectivity index (χ3v) is 10.3. The Morgan fingerprint density at radius 3 is 2.42 bits per heavy atom. The molecule has 0 radical (unpaired) electrons. The van der Waals surface area contributed by atoms with Crippen LogP contribution in [0.5, 0.6) is 0 Å². The van der Waals surface area contributed by atoms with Crippen LogP contribution in [0.15, 0.2) is 0 Å². The highest BCUT2D eigenvalue weighted by atomic mass is 14.7. The number of nitrogens with two attached hydrogens (primary N) is 2. The van der Waals surface area contributed by atoms with Crippen LogP contribution in [0.4, 0.5) is 0 Å². The van der Waals surface area contributed by atoms with Crippen LogP contribution in [0.2, 0.25) is 0 Å². The second-order valence-corrected chi connectivity index (χ2v) is 11.3. The van der Waals surface area contributed by atoms with E-state index in [0.717, 1.165) is 42.1 Å². The maximum absolute atomic E-state index is 6.36. The molecule has 0 aromatic heterocycles. The van der Waals surface area contributed by atoms with E-state index in [0.29, 0.717) is 16.9 Å². The second-order valence-electron chi connectivity index (χ2n) is 11.3. The van der Waals surface area contributed by atoms with Crippen LogP contribution in [-0.2, 0) is 0 Å². The van der Waals surface area contributed by atoms with Crippen LogP contribution in [0.25, 0.3) is 0 Å². The number of hydrogen-bond acceptors (Lipinski definition) is 2. The van der Waals surface area contributed by atoms with Crippen molar-refractivity contribution in [2.45, 2.75) is 97.4 Å². The molecule has 150 valence electrons. The van der Waals surface area contributed by atoms with Crippen molar-refractivity contribution in [2.75, 3.05) is 6.54 Å². The molecule has 2 heteroatoms. The molecule has 4 fully saturated rings. The minimum Gasteiger partial charge on any atom is -0.330 e. The van der Waals surface area contributed by atoms with Gasteiger partial charge >= 0.3 is 0 Å². The first-order valence-electron chi connectivity index (χ1n) is 11.9. The summed E-state index contributed by atoms with van der Waals surface area (Å²) in [6.45, 7) is 8.75. The van der Waals surface area contributed by atoms with Crippen molar-refractivity contribution in [3.8, 4) is 0 Å². The summed E-state index contributed by atoms with van der Waals surface area (Å²) in [4.78, 5) is 0. The van der Waals surface area contributed by atoms with Gasteiger partial charge in [0.15, 0.2) is 0 Å². The molecule has 4 aliphatic rings. The lowest BCUT2D eigenvalue weighted by Gasteiger charge is -2.61. The third-order valence-electron chi connectivity index (χ3n) is 10.3. The molecule has 4 saturated carbocycles. The second kappa shape index (κ2) is 7.07. The van der Waals surface area contributed by atoms with Crippen LogP contribution in [0, 0.1) is 46.3 Å². The van der Waals surface area contributed by atoms with Gasteiger partial charge < -0.3 is 11.5 Å². The summed E-state index contributed by atoms with van der Waals surface area (Å²) in [5, 5.41) is 0. The standard InChI is InChI=1S/C24H44N2/c1-16(5-4-14-25)20-8-9-21-19-7-6-17-15-18(26)10-12-23(17,2)22(19)11-13-24(20,21)3/h16-22H,4-15,25-26H2,1-3H3/t16-,17-,18-,19+,20-,21+,22+,23+,24-/m1/s1. The van der Waals surface area contributed by atoms with Gasteiger partial charge in [-0.05, 0) is 124 Å². The lowest BCUT2D eigenvalue weighted by molar-refractivity contribution is -0.116. The SMILES string of the molecule is C[C@H](CCCN)[C@H]1CC[C@H]2[C@@H]3CC[C@@H]4C[C@H](N)CC[C@]4(C)[C@H]3CC[C@]12C. The largest absolute Gasteiger partial charge is 0.330 e. The minimum atomic E-state index is 0.484. The topological polar surface area (TPSA) is 52.0 Å². The van der Waals surface area contributed by atoms with E-state index in [4.69, 9.17) is 11.5 Å². The molecule has 0 unspecified atom stereocenters. The van der Waals surface area contributed by atoms with Gasteiger partial charge in [0.2, 0.25) is 0 Å². The Morgan fingerprint density at radius 1 is 0.923 bits per heavy atom. The number of rotatable bonds is 4. The van der Waals surface area contributed by atoms with Gasteiger partial charge in [0.05, 0.1) is 0 Å². The maximum Gasteiger partial charge on any atom is 0.00418 e. The van der Waals surface area contributed by atoms with Gasteiger partial charge in [-0.2, -0.15) is 0 Å². The van der Waals surface area contributed by atoms with Crippen molar-refractivity contribution in [1.29, 1.82) is 0 Å². The van der Waals surface area contributed by atoms with E-state index in [9.17, 15) is 0 Å². The quantitative estimate of drug-likeness (QED) is 0.710. The highest BCUT2D eigenvalue weighted by Crippen LogP contribution is 2.68. The Morgan fingerprint density at radius 2 is 1.65 bits per heavy atom. The highest BCUT2D eigenvalue weighted by Gasteiger charge is 2.60. The Hall–Kier alpha value is -0.0800. The maximum atomic E-state index is 6.36. The van der Waals surface area contributed by atoms with Gasteiger partial charge in [0, 0.05) is 6.04 Å². The molecule has 0 amide bonds. The summed E-state index contributed by atoms with van der Waals surface area (Å²) in [5.41, 5.74) is 13.4. The van der Waals surface area contributed by atoms with Gasteiger partial charge in [-0.25, -0.2) is 0 Å². The zero-order chi connectivity index (χ0) is 18.5. The molecule has 4 N–H and O–H groups in total. The Kier molecular flexibility index (Phi) is 5.23. The third kappa shape index (κ3) is 2.89. The van der Waals surface area contributed by atoms with E-state index in [1.807, 2.05) is 0 Å². The van der Waals surface area contributed by atoms with Crippen molar-refractivity contribution in [2.24, 2.45) is 57.8 Å². The molecule has 0 spiro atoms. The minimum absolute atomic E-state index is 0.484. The average molecular weight is 361 g/mol. The zero-order valence-corrected chi connectivity index (χ0v) is 17.7. The van der Waals surface area contributed by atoms with E-state index < -0.39 is 0 Å². The van der Waals surface area contributed by atoms with E-state index in [1.165, 1.54) is 70.6 Å². The van der Waals surface area contributed by atoms with Crippen molar-refractivity contribution in [3.05, 3.63) is 0 Å². The van der Waals surface area contributed by atoms with Gasteiger partial charge in [0.25, 0.3) is 0 Å². The van der Waals surface area contributed by atoms with Crippen LogP contribution >= 0.6 is 0 Å². The summed E-state index contributed by atoms with van der Waals surface area (Å²) in [7, 11) is 0. The van der Waals surface area contributed by atoms with Crippen molar-refractivity contribution in [1.82, 2.24) is 0 Å². The van der Waals surface area contributed by atoms with Crippen molar-refractivity contribution >= 4 is 0 Å². The molecule has 4 aliphatic carbocycles. The average Bonchev–Trinajstić information content (AvgIpc) is 2.97. The van der Waals surface area contributed by atoms with Gasteiger partial charge in [-0.1, -0.05) is 20.8 Å². The van der Waals surface area contributed by atoms with Crippen LogP contribution in [0.3, 0.4) is 0 Å². The van der Waals surface area contributed by atoms with E-state index in [1.54, 1.807) is 0 Å². The molecule has 0 aromatic carbocycles. The Bertz CT molecular complexity index is 504. The van der Waals surface area contributed by atoms with Crippen LogP contribution in [-0.4, -0.2) is 12.6 Å². The van der Waals surface area contributed by atoms with E-state index >= 15 is 0 Å². The fraction of sp³-hybridized carbons (Fsp3) is 1.00. The summed E-state index contributed by atoms with van der Waals surface area (Å²) in [5.74, 6) is 5.73. The summed E-state index contributed by atoms with van der Waals surface area (Å²) < 4.78 is 0. The molecular formula is C24H44N2.